The van der Waals surface area contributed by atoms with Crippen molar-refractivity contribution >= 4 is 60.4 Å². The summed E-state index contributed by atoms with van der Waals surface area (Å²) in [5.41, 5.74) is 16.3. The van der Waals surface area contributed by atoms with Crippen molar-refractivity contribution < 1.29 is 0 Å². The van der Waals surface area contributed by atoms with Crippen LogP contribution in [-0.4, -0.2) is 4.57 Å². The first kappa shape index (κ1) is 37.3. The molecular formula is C62H42N2. The van der Waals surface area contributed by atoms with Crippen molar-refractivity contribution in [2.24, 2.45) is 0 Å². The first-order valence-electron chi connectivity index (χ1n) is 22.0. The Hall–Kier alpha value is -8.46. The molecule has 0 radical (unpaired) electrons. The molecule has 0 aliphatic rings. The molecule has 0 unspecified atom stereocenters. The quantitative estimate of drug-likeness (QED) is 0.148. The minimum atomic E-state index is 1.08. The van der Waals surface area contributed by atoms with Crippen molar-refractivity contribution in [1.29, 1.82) is 0 Å². The maximum Gasteiger partial charge on any atom is 0.0541 e. The number of fused-ring (bicyclic) bond motifs is 5. The molecule has 64 heavy (non-hydrogen) atoms. The van der Waals surface area contributed by atoms with Crippen LogP contribution in [0.15, 0.2) is 255 Å². The summed E-state index contributed by atoms with van der Waals surface area (Å²) in [6.07, 6.45) is 0. The highest BCUT2D eigenvalue weighted by Crippen LogP contribution is 2.47. The molecule has 0 amide bonds. The molecule has 0 spiro atoms. The molecule has 300 valence electrons. The van der Waals surface area contributed by atoms with E-state index in [-0.39, 0.29) is 0 Å². The van der Waals surface area contributed by atoms with E-state index in [2.05, 4.69) is 264 Å². The Bertz CT molecular complexity index is 3600. The van der Waals surface area contributed by atoms with Gasteiger partial charge in [0.2, 0.25) is 0 Å². The number of nitrogens with zero attached hydrogens (tertiary/aromatic N) is 2. The van der Waals surface area contributed by atoms with Crippen LogP contribution in [0.5, 0.6) is 0 Å². The van der Waals surface area contributed by atoms with Gasteiger partial charge in [0.05, 0.1) is 28.1 Å². The summed E-state index contributed by atoms with van der Waals surface area (Å²) in [5, 5.41) is 7.36. The second kappa shape index (κ2) is 15.8. The van der Waals surface area contributed by atoms with E-state index in [1.807, 2.05) is 0 Å². The van der Waals surface area contributed by atoms with Crippen LogP contribution in [0.4, 0.5) is 17.1 Å². The number of rotatable bonds is 8. The van der Waals surface area contributed by atoms with E-state index in [0.29, 0.717) is 0 Å². The summed E-state index contributed by atoms with van der Waals surface area (Å²) in [4.78, 5) is 2.46. The summed E-state index contributed by atoms with van der Waals surface area (Å²) >= 11 is 0. The van der Waals surface area contributed by atoms with Crippen LogP contribution in [0, 0.1) is 0 Å². The molecule has 0 bridgehead atoms. The molecule has 1 aromatic heterocycles. The Morgan fingerprint density at radius 1 is 0.281 bits per heavy atom. The molecule has 0 fully saturated rings. The van der Waals surface area contributed by atoms with Gasteiger partial charge in [0, 0.05) is 33.0 Å². The highest BCUT2D eigenvalue weighted by Gasteiger charge is 2.22. The van der Waals surface area contributed by atoms with E-state index < -0.39 is 0 Å². The molecule has 0 saturated heterocycles. The fourth-order valence-electron chi connectivity index (χ4n) is 9.87. The van der Waals surface area contributed by atoms with E-state index >= 15 is 0 Å². The molecule has 0 aliphatic heterocycles. The molecule has 11 aromatic carbocycles. The maximum absolute atomic E-state index is 2.46. The van der Waals surface area contributed by atoms with E-state index in [1.54, 1.807) is 0 Å². The summed E-state index contributed by atoms with van der Waals surface area (Å²) < 4.78 is 2.43. The molecule has 0 saturated carbocycles. The molecule has 0 aliphatic carbocycles. The van der Waals surface area contributed by atoms with Gasteiger partial charge in [-0.3, -0.25) is 0 Å². The fourth-order valence-corrected chi connectivity index (χ4v) is 9.87. The highest BCUT2D eigenvalue weighted by molar-refractivity contribution is 6.10. The Morgan fingerprint density at radius 3 is 1.52 bits per heavy atom. The lowest BCUT2D eigenvalue weighted by atomic mass is 9.89. The van der Waals surface area contributed by atoms with Crippen LogP contribution < -0.4 is 4.90 Å². The Kier molecular flexibility index (Phi) is 9.20. The van der Waals surface area contributed by atoms with Crippen LogP contribution >= 0.6 is 0 Å². The van der Waals surface area contributed by atoms with Crippen LogP contribution in [-0.2, 0) is 0 Å². The normalized spacial score (nSPS) is 11.4. The zero-order valence-corrected chi connectivity index (χ0v) is 35.1. The summed E-state index contributed by atoms with van der Waals surface area (Å²) in [6, 6.07) is 92.8. The van der Waals surface area contributed by atoms with Gasteiger partial charge in [0.25, 0.3) is 0 Å². The average molecular weight is 815 g/mol. The van der Waals surface area contributed by atoms with E-state index in [1.165, 1.54) is 71.2 Å². The first-order chi connectivity index (χ1) is 31.8. The Labute approximate surface area is 373 Å². The Morgan fingerprint density at radius 2 is 0.812 bits per heavy atom. The molecule has 1 heterocycles. The van der Waals surface area contributed by atoms with Crippen molar-refractivity contribution in [1.82, 2.24) is 4.57 Å². The van der Waals surface area contributed by atoms with Crippen molar-refractivity contribution in [3.63, 3.8) is 0 Å². The lowest BCUT2D eigenvalue weighted by Gasteiger charge is -2.30. The first-order valence-corrected chi connectivity index (χ1v) is 22.0. The second-order valence-electron chi connectivity index (χ2n) is 16.4. The number of hydrogen-bond donors (Lipinski definition) is 0. The smallest absolute Gasteiger partial charge is 0.0541 e. The molecule has 0 N–H and O–H groups in total. The van der Waals surface area contributed by atoms with Gasteiger partial charge in [-0.15, -0.1) is 0 Å². The lowest BCUT2D eigenvalue weighted by Crippen LogP contribution is -2.12. The lowest BCUT2D eigenvalue weighted by molar-refractivity contribution is 1.18. The van der Waals surface area contributed by atoms with Gasteiger partial charge in [-0.2, -0.15) is 0 Å². The number of hydrogen-bond acceptors (Lipinski definition) is 1. The number of benzene rings is 11. The van der Waals surface area contributed by atoms with Gasteiger partial charge >= 0.3 is 0 Å². The second-order valence-corrected chi connectivity index (χ2v) is 16.4. The maximum atomic E-state index is 2.46. The largest absolute Gasteiger partial charge is 0.309 e. The van der Waals surface area contributed by atoms with Crippen LogP contribution in [0.2, 0.25) is 0 Å². The van der Waals surface area contributed by atoms with Crippen molar-refractivity contribution in [3.05, 3.63) is 255 Å². The molecule has 2 nitrogen and oxygen atoms in total. The third-order valence-corrected chi connectivity index (χ3v) is 12.8. The summed E-state index contributed by atoms with van der Waals surface area (Å²) in [5.74, 6) is 0. The monoisotopic (exact) mass is 814 g/mol. The van der Waals surface area contributed by atoms with Gasteiger partial charge in [-0.1, -0.05) is 206 Å². The van der Waals surface area contributed by atoms with Gasteiger partial charge in [-0.25, -0.2) is 0 Å². The van der Waals surface area contributed by atoms with Gasteiger partial charge in [0.15, 0.2) is 0 Å². The van der Waals surface area contributed by atoms with Gasteiger partial charge in [0.1, 0.15) is 0 Å². The average Bonchev–Trinajstić information content (AvgIpc) is 3.71. The zero-order valence-electron chi connectivity index (χ0n) is 35.1. The van der Waals surface area contributed by atoms with Crippen molar-refractivity contribution in [2.45, 2.75) is 0 Å². The van der Waals surface area contributed by atoms with Gasteiger partial charge in [-0.05, 0) is 98.1 Å². The highest BCUT2D eigenvalue weighted by atomic mass is 15.1. The number of para-hydroxylation sites is 3. The van der Waals surface area contributed by atoms with Crippen LogP contribution in [0.25, 0.3) is 93.5 Å². The van der Waals surface area contributed by atoms with Crippen molar-refractivity contribution in [2.75, 3.05) is 4.90 Å². The molecule has 12 aromatic rings. The summed E-state index contributed by atoms with van der Waals surface area (Å²) in [6.45, 7) is 0. The zero-order chi connectivity index (χ0) is 42.4. The third-order valence-electron chi connectivity index (χ3n) is 12.8. The number of anilines is 3. The van der Waals surface area contributed by atoms with Crippen molar-refractivity contribution in [3.8, 4) is 50.2 Å². The fraction of sp³-hybridized carbons (Fsp3) is 0. The SMILES string of the molecule is c1ccc(-c2cc(-c3ccccc3-n3c4ccccc4c4ccccc43)ccc2N(c2ccc(-c3c(-c4ccccc4)ccc4ccccc34)cc2)c2cccc3ccccc23)cc1. The predicted molar refractivity (Wildman–Crippen MR) is 272 cm³/mol. The van der Waals surface area contributed by atoms with Gasteiger partial charge < -0.3 is 9.47 Å². The molecule has 0 atom stereocenters. The van der Waals surface area contributed by atoms with E-state index in [0.717, 1.165) is 39.4 Å². The standard InChI is InChI=1S/C62H42N2/c1-3-18-44(19-4-1)53-40-36-46-23-8-10-27-52(46)62(53)47-34-38-49(39-35-47)63(57-33-17-24-43-22-7-9-25-50(43)57)61-41-37-48(42-56(61)45-20-5-2-6-21-45)51-26-11-14-30-58(51)64-59-31-15-12-28-54(59)55-29-13-16-32-60(55)64/h1-42H. The minimum Gasteiger partial charge on any atom is -0.309 e. The third kappa shape index (κ3) is 6.35. The van der Waals surface area contributed by atoms with E-state index in [4.69, 9.17) is 0 Å². The molecule has 12 rings (SSSR count). The Balaban J connectivity index is 1.07. The topological polar surface area (TPSA) is 8.17 Å². The molecule has 2 heteroatoms. The van der Waals surface area contributed by atoms with Crippen LogP contribution in [0.3, 0.4) is 0 Å². The molecular weight excluding hydrogens is 773 g/mol. The minimum absolute atomic E-state index is 1.08. The summed E-state index contributed by atoms with van der Waals surface area (Å²) in [7, 11) is 0. The van der Waals surface area contributed by atoms with Crippen LogP contribution in [0.1, 0.15) is 0 Å². The number of aromatic nitrogens is 1. The van der Waals surface area contributed by atoms with E-state index in [9.17, 15) is 0 Å². The predicted octanol–water partition coefficient (Wildman–Crippen LogP) is 17.2.